The van der Waals surface area contributed by atoms with Crippen LogP contribution < -0.4 is 10.5 Å². The largest absolute Gasteiger partial charge is 0.488 e. The molecule has 0 unspecified atom stereocenters. The van der Waals surface area contributed by atoms with Gasteiger partial charge in [-0.1, -0.05) is 25.1 Å². The van der Waals surface area contributed by atoms with Crippen molar-refractivity contribution in [3.8, 4) is 5.75 Å². The van der Waals surface area contributed by atoms with Gasteiger partial charge >= 0.3 is 0 Å². The maximum absolute atomic E-state index is 5.84. The molecule has 0 fully saturated rings. The average molecular weight is 177 g/mol. The molecule has 0 radical (unpaired) electrons. The normalized spacial score (nSPS) is 27.9. The third-order valence-corrected chi connectivity index (χ3v) is 2.68. The molecular formula is C11H15NO. The van der Waals surface area contributed by atoms with Gasteiger partial charge in [0.2, 0.25) is 0 Å². The highest BCUT2D eigenvalue weighted by atomic mass is 16.5. The number of ether oxygens (including phenoxy) is 1. The Balaban J connectivity index is 2.32. The molecule has 0 spiro atoms. The summed E-state index contributed by atoms with van der Waals surface area (Å²) in [6, 6.07) is 8.25. The first-order valence-electron chi connectivity index (χ1n) is 4.71. The van der Waals surface area contributed by atoms with Crippen molar-refractivity contribution in [2.75, 3.05) is 0 Å². The lowest BCUT2D eigenvalue weighted by molar-refractivity contribution is 0.185. The molecule has 0 amide bonds. The molecular weight excluding hydrogens is 162 g/mol. The second-order valence-electron chi connectivity index (χ2n) is 3.77. The van der Waals surface area contributed by atoms with Crippen molar-refractivity contribution < 1.29 is 4.74 Å². The number of para-hydroxylation sites is 1. The van der Waals surface area contributed by atoms with E-state index >= 15 is 0 Å². The van der Waals surface area contributed by atoms with Gasteiger partial charge in [-0.3, -0.25) is 0 Å². The fourth-order valence-electron chi connectivity index (χ4n) is 1.95. The Morgan fingerprint density at radius 2 is 2.08 bits per heavy atom. The molecule has 0 bridgehead atoms. The molecule has 0 saturated heterocycles. The number of hydrogen-bond donors (Lipinski definition) is 1. The number of nitrogens with two attached hydrogens (primary N) is 1. The van der Waals surface area contributed by atoms with Crippen LogP contribution in [0, 0.1) is 0 Å². The Morgan fingerprint density at radius 1 is 1.38 bits per heavy atom. The zero-order valence-electron chi connectivity index (χ0n) is 8.03. The molecule has 1 aliphatic rings. The summed E-state index contributed by atoms with van der Waals surface area (Å²) in [5.74, 6) is 1.41. The van der Waals surface area contributed by atoms with Crippen LogP contribution in [0.1, 0.15) is 25.3 Å². The SMILES string of the molecule is C[C@@H](N)[C@@H]1Oc2ccccc2[C@@H]1C. The molecule has 3 atom stereocenters. The molecule has 1 heterocycles. The quantitative estimate of drug-likeness (QED) is 0.711. The van der Waals surface area contributed by atoms with Crippen molar-refractivity contribution in [3.63, 3.8) is 0 Å². The van der Waals surface area contributed by atoms with E-state index < -0.39 is 0 Å². The first kappa shape index (κ1) is 8.57. The minimum atomic E-state index is 0.0856. The van der Waals surface area contributed by atoms with Gasteiger partial charge in [0.25, 0.3) is 0 Å². The zero-order chi connectivity index (χ0) is 9.42. The van der Waals surface area contributed by atoms with E-state index in [-0.39, 0.29) is 12.1 Å². The fraction of sp³-hybridized carbons (Fsp3) is 0.455. The van der Waals surface area contributed by atoms with Gasteiger partial charge in [-0.2, -0.15) is 0 Å². The number of rotatable bonds is 1. The number of hydrogen-bond acceptors (Lipinski definition) is 2. The lowest BCUT2D eigenvalue weighted by Gasteiger charge is -2.18. The summed E-state index contributed by atoms with van der Waals surface area (Å²) in [5, 5.41) is 0. The van der Waals surface area contributed by atoms with Crippen LogP contribution in [0.4, 0.5) is 0 Å². The highest BCUT2D eigenvalue weighted by Gasteiger charge is 2.32. The molecule has 0 aliphatic carbocycles. The first-order valence-corrected chi connectivity index (χ1v) is 4.71. The maximum atomic E-state index is 5.84. The Bertz CT molecular complexity index is 309. The summed E-state index contributed by atoms with van der Waals surface area (Å²) < 4.78 is 5.76. The highest BCUT2D eigenvalue weighted by Crippen LogP contribution is 2.38. The lowest BCUT2D eigenvalue weighted by Crippen LogP contribution is -2.36. The van der Waals surface area contributed by atoms with Gasteiger partial charge in [0.15, 0.2) is 0 Å². The third-order valence-electron chi connectivity index (χ3n) is 2.68. The van der Waals surface area contributed by atoms with E-state index in [2.05, 4.69) is 13.0 Å². The molecule has 2 N–H and O–H groups in total. The monoisotopic (exact) mass is 177 g/mol. The molecule has 1 aromatic rings. The summed E-state index contributed by atoms with van der Waals surface area (Å²) in [7, 11) is 0. The van der Waals surface area contributed by atoms with Crippen LogP contribution in [0.5, 0.6) is 5.75 Å². The summed E-state index contributed by atoms with van der Waals surface area (Å²) in [4.78, 5) is 0. The van der Waals surface area contributed by atoms with Gasteiger partial charge in [0.05, 0.1) is 0 Å². The van der Waals surface area contributed by atoms with E-state index in [9.17, 15) is 0 Å². The average Bonchev–Trinajstić information content (AvgIpc) is 2.45. The van der Waals surface area contributed by atoms with Gasteiger partial charge in [-0.15, -0.1) is 0 Å². The van der Waals surface area contributed by atoms with Gasteiger partial charge in [0.1, 0.15) is 11.9 Å². The van der Waals surface area contributed by atoms with Gasteiger partial charge < -0.3 is 10.5 Å². The number of fused-ring (bicyclic) bond motifs is 1. The predicted molar refractivity (Wildman–Crippen MR) is 52.9 cm³/mol. The van der Waals surface area contributed by atoms with Crippen LogP contribution in [0.3, 0.4) is 0 Å². The molecule has 70 valence electrons. The Kier molecular flexibility index (Phi) is 2.00. The van der Waals surface area contributed by atoms with Crippen molar-refractivity contribution in [2.45, 2.75) is 31.9 Å². The fourth-order valence-corrected chi connectivity index (χ4v) is 1.95. The van der Waals surface area contributed by atoms with E-state index in [4.69, 9.17) is 10.5 Å². The van der Waals surface area contributed by atoms with Crippen LogP contribution in [0.25, 0.3) is 0 Å². The molecule has 0 aromatic heterocycles. The van der Waals surface area contributed by atoms with Crippen molar-refractivity contribution in [1.29, 1.82) is 0 Å². The molecule has 13 heavy (non-hydrogen) atoms. The van der Waals surface area contributed by atoms with E-state index in [1.54, 1.807) is 0 Å². The molecule has 2 rings (SSSR count). The van der Waals surface area contributed by atoms with Crippen molar-refractivity contribution in [3.05, 3.63) is 29.8 Å². The van der Waals surface area contributed by atoms with Gasteiger partial charge in [0, 0.05) is 17.5 Å². The van der Waals surface area contributed by atoms with Crippen molar-refractivity contribution >= 4 is 0 Å². The van der Waals surface area contributed by atoms with Crippen LogP contribution in [0.15, 0.2) is 24.3 Å². The summed E-state index contributed by atoms with van der Waals surface area (Å²) in [6.45, 7) is 4.16. The topological polar surface area (TPSA) is 35.2 Å². The van der Waals surface area contributed by atoms with Crippen molar-refractivity contribution in [2.24, 2.45) is 5.73 Å². The zero-order valence-corrected chi connectivity index (χ0v) is 8.03. The van der Waals surface area contributed by atoms with Crippen LogP contribution in [-0.4, -0.2) is 12.1 Å². The minimum Gasteiger partial charge on any atom is -0.488 e. The lowest BCUT2D eigenvalue weighted by atomic mass is 9.94. The maximum Gasteiger partial charge on any atom is 0.123 e. The van der Waals surface area contributed by atoms with Crippen LogP contribution in [0.2, 0.25) is 0 Å². The van der Waals surface area contributed by atoms with Crippen LogP contribution in [-0.2, 0) is 0 Å². The van der Waals surface area contributed by atoms with E-state index in [0.29, 0.717) is 5.92 Å². The second-order valence-corrected chi connectivity index (χ2v) is 3.77. The second kappa shape index (κ2) is 3.04. The standard InChI is InChI=1S/C11H15NO/c1-7-9-5-3-4-6-10(9)13-11(7)8(2)12/h3-8,11H,12H2,1-2H3/t7-,8+,11+/m0/s1. The molecule has 1 aliphatic heterocycles. The number of benzene rings is 1. The van der Waals surface area contributed by atoms with Crippen LogP contribution >= 0.6 is 0 Å². The first-order chi connectivity index (χ1) is 6.20. The van der Waals surface area contributed by atoms with E-state index in [1.807, 2.05) is 25.1 Å². The highest BCUT2D eigenvalue weighted by molar-refractivity contribution is 5.40. The summed E-state index contributed by atoms with van der Waals surface area (Å²) >= 11 is 0. The smallest absolute Gasteiger partial charge is 0.123 e. The van der Waals surface area contributed by atoms with Crippen molar-refractivity contribution in [1.82, 2.24) is 0 Å². The molecule has 2 heteroatoms. The predicted octanol–water partition coefficient (Wildman–Crippen LogP) is 1.90. The molecule has 1 aromatic carbocycles. The van der Waals surface area contributed by atoms with E-state index in [0.717, 1.165) is 5.75 Å². The van der Waals surface area contributed by atoms with Gasteiger partial charge in [-0.05, 0) is 13.0 Å². The Morgan fingerprint density at radius 3 is 2.69 bits per heavy atom. The summed E-state index contributed by atoms with van der Waals surface area (Å²) in [5.41, 5.74) is 7.12. The third kappa shape index (κ3) is 1.31. The Hall–Kier alpha value is -1.02. The summed E-state index contributed by atoms with van der Waals surface area (Å²) in [6.07, 6.45) is 0.136. The van der Waals surface area contributed by atoms with Gasteiger partial charge in [-0.25, -0.2) is 0 Å². The molecule has 2 nitrogen and oxygen atoms in total. The van der Waals surface area contributed by atoms with E-state index in [1.165, 1.54) is 5.56 Å². The molecule has 0 saturated carbocycles. The Labute approximate surface area is 78.7 Å². The minimum absolute atomic E-state index is 0.0856.